The minimum absolute atomic E-state index is 0.0359. The molecule has 1 atom stereocenters. The zero-order valence-electron chi connectivity index (χ0n) is 19.7. The number of amides is 2. The Morgan fingerprint density at radius 1 is 1.14 bits per heavy atom. The summed E-state index contributed by atoms with van der Waals surface area (Å²) in [5.74, 6) is 0.00847. The third kappa shape index (κ3) is 6.96. The van der Waals surface area contributed by atoms with Crippen molar-refractivity contribution in [2.45, 2.75) is 31.5 Å². The first-order chi connectivity index (χ1) is 17.1. The summed E-state index contributed by atoms with van der Waals surface area (Å²) >= 11 is 13.4. The zero-order valence-corrected chi connectivity index (χ0v) is 22.0. The molecule has 0 aliphatic carbocycles. The van der Waals surface area contributed by atoms with Crippen LogP contribution in [0.1, 0.15) is 42.5 Å². The summed E-state index contributed by atoms with van der Waals surface area (Å²) < 4.78 is 1.72. The van der Waals surface area contributed by atoms with Crippen LogP contribution < -0.4 is 10.6 Å². The van der Waals surface area contributed by atoms with Crippen molar-refractivity contribution < 1.29 is 14.5 Å². The number of carbonyl (C=O) groups is 2. The molecule has 3 rings (SSSR count). The number of thioether (sulfide) groups is 1. The molecule has 0 radical (unpaired) electrons. The third-order valence-corrected chi connectivity index (χ3v) is 6.76. The van der Waals surface area contributed by atoms with Crippen molar-refractivity contribution in [1.29, 1.82) is 0 Å². The van der Waals surface area contributed by atoms with Gasteiger partial charge in [-0.2, -0.15) is 0 Å². The molecule has 2 N–H and O–H groups in total. The van der Waals surface area contributed by atoms with E-state index in [9.17, 15) is 19.7 Å². The number of nitrogens with one attached hydrogen (secondary N) is 2. The summed E-state index contributed by atoms with van der Waals surface area (Å²) in [6.45, 7) is 4.06. The highest BCUT2D eigenvalue weighted by atomic mass is 35.5. The SMILES string of the molecule is CC(C)C[C@@H](NC(=O)c1ccccc1Cl)c1nnc(SCC(=O)Nc2cc([N+](=O)[O-])ccc2Cl)n1C. The average molecular weight is 551 g/mol. The fraction of sp³-hybridized carbons (Fsp3) is 0.304. The Balaban J connectivity index is 1.70. The van der Waals surface area contributed by atoms with Gasteiger partial charge >= 0.3 is 0 Å². The molecule has 0 aliphatic rings. The number of hydrogen-bond acceptors (Lipinski definition) is 7. The molecule has 13 heteroatoms. The minimum Gasteiger partial charge on any atom is -0.342 e. The van der Waals surface area contributed by atoms with E-state index < -0.39 is 16.9 Å². The van der Waals surface area contributed by atoms with E-state index >= 15 is 0 Å². The van der Waals surface area contributed by atoms with Gasteiger partial charge in [0.1, 0.15) is 0 Å². The number of aromatic nitrogens is 3. The number of rotatable bonds is 10. The van der Waals surface area contributed by atoms with Crippen LogP contribution in [0.4, 0.5) is 11.4 Å². The lowest BCUT2D eigenvalue weighted by Crippen LogP contribution is -2.31. The van der Waals surface area contributed by atoms with Gasteiger partial charge < -0.3 is 15.2 Å². The fourth-order valence-electron chi connectivity index (χ4n) is 3.38. The second-order valence-electron chi connectivity index (χ2n) is 8.29. The summed E-state index contributed by atoms with van der Waals surface area (Å²) in [6, 6.07) is 10.2. The molecule has 0 saturated carbocycles. The predicted octanol–water partition coefficient (Wildman–Crippen LogP) is 5.28. The summed E-state index contributed by atoms with van der Waals surface area (Å²) in [4.78, 5) is 35.7. The van der Waals surface area contributed by atoms with Crippen LogP contribution >= 0.6 is 35.0 Å². The van der Waals surface area contributed by atoms with Crippen molar-refractivity contribution in [2.75, 3.05) is 11.1 Å². The van der Waals surface area contributed by atoms with Crippen molar-refractivity contribution in [2.24, 2.45) is 13.0 Å². The molecule has 36 heavy (non-hydrogen) atoms. The maximum atomic E-state index is 12.9. The standard InChI is InChI=1S/C23H24Cl2N6O4S/c1-13(2)10-19(27-22(33)15-6-4-5-7-16(15)24)21-28-29-23(30(21)3)36-12-20(32)26-18-11-14(31(34)35)8-9-17(18)25/h4-9,11,13,19H,10,12H2,1-3H3,(H,26,32)(H,27,33)/t19-/m1/s1. The molecule has 0 spiro atoms. The second kappa shape index (κ2) is 12.2. The van der Waals surface area contributed by atoms with Crippen LogP contribution in [-0.2, 0) is 11.8 Å². The van der Waals surface area contributed by atoms with Crippen molar-refractivity contribution in [3.63, 3.8) is 0 Å². The maximum absolute atomic E-state index is 12.9. The molecule has 3 aromatic rings. The number of hydrogen-bond donors (Lipinski definition) is 2. The van der Waals surface area contributed by atoms with Crippen molar-refractivity contribution >= 4 is 58.2 Å². The lowest BCUT2D eigenvalue weighted by atomic mass is 10.0. The maximum Gasteiger partial charge on any atom is 0.271 e. The monoisotopic (exact) mass is 550 g/mol. The number of benzene rings is 2. The lowest BCUT2D eigenvalue weighted by molar-refractivity contribution is -0.384. The predicted molar refractivity (Wildman–Crippen MR) is 140 cm³/mol. The highest BCUT2D eigenvalue weighted by molar-refractivity contribution is 7.99. The molecule has 10 nitrogen and oxygen atoms in total. The smallest absolute Gasteiger partial charge is 0.271 e. The number of nitro benzene ring substituents is 1. The lowest BCUT2D eigenvalue weighted by Gasteiger charge is -2.20. The first-order valence-corrected chi connectivity index (χ1v) is 12.6. The Morgan fingerprint density at radius 2 is 1.86 bits per heavy atom. The second-order valence-corrected chi connectivity index (χ2v) is 10.1. The van der Waals surface area contributed by atoms with Crippen molar-refractivity contribution in [1.82, 2.24) is 20.1 Å². The van der Waals surface area contributed by atoms with E-state index in [1.165, 1.54) is 18.2 Å². The number of carbonyl (C=O) groups excluding carboxylic acids is 2. The highest BCUT2D eigenvalue weighted by Crippen LogP contribution is 2.28. The van der Waals surface area contributed by atoms with Crippen LogP contribution in [0.3, 0.4) is 0 Å². The molecule has 190 valence electrons. The topological polar surface area (TPSA) is 132 Å². The van der Waals surface area contributed by atoms with E-state index in [0.717, 1.165) is 11.8 Å². The summed E-state index contributed by atoms with van der Waals surface area (Å²) in [7, 11) is 1.75. The van der Waals surface area contributed by atoms with Gasteiger partial charge in [0.05, 0.1) is 38.0 Å². The Bertz CT molecular complexity index is 1280. The van der Waals surface area contributed by atoms with Crippen LogP contribution in [-0.4, -0.2) is 37.3 Å². The molecular weight excluding hydrogens is 527 g/mol. The van der Waals surface area contributed by atoms with Gasteiger partial charge in [-0.25, -0.2) is 0 Å². The van der Waals surface area contributed by atoms with E-state index in [0.29, 0.717) is 28.0 Å². The van der Waals surface area contributed by atoms with Gasteiger partial charge in [0.25, 0.3) is 11.6 Å². The zero-order chi connectivity index (χ0) is 26.4. The van der Waals surface area contributed by atoms with Gasteiger partial charge in [-0.3, -0.25) is 19.7 Å². The van der Waals surface area contributed by atoms with E-state index in [1.807, 2.05) is 13.8 Å². The van der Waals surface area contributed by atoms with Gasteiger partial charge in [-0.1, -0.05) is 60.9 Å². The fourth-order valence-corrected chi connectivity index (χ4v) is 4.48. The number of nitrogens with zero attached hydrogens (tertiary/aromatic N) is 4. The normalized spacial score (nSPS) is 11.8. The van der Waals surface area contributed by atoms with E-state index in [-0.39, 0.29) is 34.0 Å². The Labute approximate surface area is 221 Å². The summed E-state index contributed by atoms with van der Waals surface area (Å²) in [5, 5.41) is 26.0. The Kier molecular flexibility index (Phi) is 9.30. The van der Waals surface area contributed by atoms with Gasteiger partial charge in [-0.05, 0) is 30.5 Å². The quantitative estimate of drug-likeness (QED) is 0.199. The Hall–Kier alpha value is -3.15. The molecule has 1 aromatic heterocycles. The van der Waals surface area contributed by atoms with Crippen molar-refractivity contribution in [3.05, 3.63) is 74.0 Å². The number of nitro groups is 1. The van der Waals surface area contributed by atoms with E-state index in [4.69, 9.17) is 23.2 Å². The third-order valence-electron chi connectivity index (χ3n) is 5.08. The van der Waals surface area contributed by atoms with Gasteiger partial charge in [0.2, 0.25) is 5.91 Å². The van der Waals surface area contributed by atoms with E-state index in [1.54, 1.807) is 35.9 Å². The molecular formula is C23H24Cl2N6O4S. The van der Waals surface area contributed by atoms with Crippen LogP contribution in [0.15, 0.2) is 47.6 Å². The summed E-state index contributed by atoms with van der Waals surface area (Å²) in [6.07, 6.45) is 0.610. The number of anilines is 1. The highest BCUT2D eigenvalue weighted by Gasteiger charge is 2.24. The van der Waals surface area contributed by atoms with Gasteiger partial charge in [0, 0.05) is 19.2 Å². The molecule has 1 heterocycles. The number of halogens is 2. The molecule has 0 aliphatic heterocycles. The first-order valence-electron chi connectivity index (χ1n) is 10.9. The van der Waals surface area contributed by atoms with Gasteiger partial charge in [0.15, 0.2) is 11.0 Å². The van der Waals surface area contributed by atoms with Gasteiger partial charge in [-0.15, -0.1) is 10.2 Å². The Morgan fingerprint density at radius 3 is 2.53 bits per heavy atom. The molecule has 0 saturated heterocycles. The van der Waals surface area contributed by atoms with Crippen LogP contribution in [0.25, 0.3) is 0 Å². The van der Waals surface area contributed by atoms with Crippen molar-refractivity contribution in [3.8, 4) is 0 Å². The largest absolute Gasteiger partial charge is 0.342 e. The van der Waals surface area contributed by atoms with Crippen LogP contribution in [0.2, 0.25) is 10.0 Å². The first kappa shape index (κ1) is 27.4. The van der Waals surface area contributed by atoms with Crippen LogP contribution in [0, 0.1) is 16.0 Å². The van der Waals surface area contributed by atoms with Crippen LogP contribution in [0.5, 0.6) is 0 Å². The average Bonchev–Trinajstić information content (AvgIpc) is 3.18. The molecule has 0 unspecified atom stereocenters. The van der Waals surface area contributed by atoms with E-state index in [2.05, 4.69) is 20.8 Å². The molecule has 2 aromatic carbocycles. The number of non-ortho nitro benzene ring substituents is 1. The molecule has 2 amide bonds. The molecule has 0 bridgehead atoms. The minimum atomic E-state index is -0.570. The molecule has 0 fully saturated rings. The summed E-state index contributed by atoms with van der Waals surface area (Å²) in [5.41, 5.74) is 0.325.